The van der Waals surface area contributed by atoms with E-state index < -0.39 is 23.3 Å². The molecule has 1 aliphatic heterocycles. The quantitative estimate of drug-likeness (QED) is 0.708. The van der Waals surface area contributed by atoms with Crippen LogP contribution < -0.4 is 9.80 Å². The highest BCUT2D eigenvalue weighted by molar-refractivity contribution is 5.55. The van der Waals surface area contributed by atoms with E-state index in [0.717, 1.165) is 0 Å². The highest BCUT2D eigenvalue weighted by Gasteiger charge is 2.25. The number of hydrogen-bond donors (Lipinski definition) is 0. The lowest BCUT2D eigenvalue weighted by Gasteiger charge is -2.37. The highest BCUT2D eigenvalue weighted by Crippen LogP contribution is 2.29. The maximum atomic E-state index is 14.0. The van der Waals surface area contributed by atoms with Gasteiger partial charge in [-0.25, -0.2) is 17.6 Å². The van der Waals surface area contributed by atoms with Gasteiger partial charge in [-0.3, -0.25) is 0 Å². The standard InChI is InChI=1S/C17H16F4N2.C2H6/c1-11-9-14(20)17(15(21)10-11)23-7-5-22(6-8-23)16-12(18)3-2-4-13(16)19;1-2/h2-4,9-10H,5-8H2,1H3;1-2H3. The molecule has 0 bridgehead atoms. The Balaban J connectivity index is 0.00000109. The minimum Gasteiger partial charge on any atom is -0.363 e. The van der Waals surface area contributed by atoms with Crippen molar-refractivity contribution in [2.24, 2.45) is 0 Å². The first kappa shape index (κ1) is 19.1. The molecule has 1 saturated heterocycles. The molecular formula is C19H22F4N2. The minimum absolute atomic E-state index is 0.0794. The first-order chi connectivity index (χ1) is 12.0. The Morgan fingerprint density at radius 2 is 1.04 bits per heavy atom. The van der Waals surface area contributed by atoms with E-state index in [1.165, 1.54) is 30.3 Å². The Labute approximate surface area is 145 Å². The second-order valence-electron chi connectivity index (χ2n) is 5.62. The molecular weight excluding hydrogens is 332 g/mol. The van der Waals surface area contributed by atoms with Gasteiger partial charge in [0.2, 0.25) is 0 Å². The molecule has 0 aliphatic carbocycles. The molecule has 25 heavy (non-hydrogen) atoms. The van der Waals surface area contributed by atoms with Crippen LogP contribution >= 0.6 is 0 Å². The zero-order chi connectivity index (χ0) is 18.6. The second kappa shape index (κ2) is 8.23. The summed E-state index contributed by atoms with van der Waals surface area (Å²) in [6, 6.07) is 6.26. The van der Waals surface area contributed by atoms with E-state index in [0.29, 0.717) is 5.56 Å². The average molecular weight is 354 g/mol. The summed E-state index contributed by atoms with van der Waals surface area (Å²) < 4.78 is 55.7. The van der Waals surface area contributed by atoms with Crippen molar-refractivity contribution in [1.82, 2.24) is 0 Å². The smallest absolute Gasteiger partial charge is 0.149 e. The number of nitrogens with zero attached hydrogens (tertiary/aromatic N) is 2. The van der Waals surface area contributed by atoms with Gasteiger partial charge < -0.3 is 9.80 Å². The third-order valence-corrected chi connectivity index (χ3v) is 4.01. The summed E-state index contributed by atoms with van der Waals surface area (Å²) in [7, 11) is 0. The number of para-hydroxylation sites is 1. The number of halogens is 4. The van der Waals surface area contributed by atoms with Crippen molar-refractivity contribution in [3.8, 4) is 0 Å². The van der Waals surface area contributed by atoms with Crippen molar-refractivity contribution in [1.29, 1.82) is 0 Å². The molecule has 0 unspecified atom stereocenters. The lowest BCUT2D eigenvalue weighted by atomic mass is 10.1. The van der Waals surface area contributed by atoms with Gasteiger partial charge in [0.15, 0.2) is 0 Å². The van der Waals surface area contributed by atoms with Gasteiger partial charge in [-0.05, 0) is 36.8 Å². The van der Waals surface area contributed by atoms with E-state index in [1.54, 1.807) is 16.7 Å². The summed E-state index contributed by atoms with van der Waals surface area (Å²) >= 11 is 0. The normalized spacial score (nSPS) is 14.2. The molecule has 0 atom stereocenters. The van der Waals surface area contributed by atoms with E-state index in [-0.39, 0.29) is 37.6 Å². The van der Waals surface area contributed by atoms with Crippen LogP contribution in [0.15, 0.2) is 30.3 Å². The van der Waals surface area contributed by atoms with Crippen LogP contribution in [-0.2, 0) is 0 Å². The van der Waals surface area contributed by atoms with Gasteiger partial charge in [-0.15, -0.1) is 0 Å². The first-order valence-corrected chi connectivity index (χ1v) is 8.37. The fraction of sp³-hybridized carbons (Fsp3) is 0.368. The minimum atomic E-state index is -0.633. The molecule has 0 aromatic heterocycles. The Morgan fingerprint density at radius 3 is 1.44 bits per heavy atom. The molecule has 0 saturated carbocycles. The molecule has 1 fully saturated rings. The van der Waals surface area contributed by atoms with Crippen LogP contribution in [0.3, 0.4) is 0 Å². The van der Waals surface area contributed by atoms with E-state index in [2.05, 4.69) is 0 Å². The van der Waals surface area contributed by atoms with Crippen molar-refractivity contribution in [2.75, 3.05) is 36.0 Å². The maximum Gasteiger partial charge on any atom is 0.149 e. The summed E-state index contributed by atoms with van der Waals surface area (Å²) in [5, 5.41) is 0. The summed E-state index contributed by atoms with van der Waals surface area (Å²) in [6.07, 6.45) is 0. The van der Waals surface area contributed by atoms with Crippen LogP contribution in [0.2, 0.25) is 0 Å². The third-order valence-electron chi connectivity index (χ3n) is 4.01. The molecule has 3 rings (SSSR count). The zero-order valence-electron chi connectivity index (χ0n) is 14.6. The second-order valence-corrected chi connectivity index (χ2v) is 5.62. The molecule has 2 nitrogen and oxygen atoms in total. The van der Waals surface area contributed by atoms with Gasteiger partial charge in [-0.2, -0.15) is 0 Å². The van der Waals surface area contributed by atoms with E-state index in [9.17, 15) is 17.6 Å². The van der Waals surface area contributed by atoms with Gasteiger partial charge in [0.25, 0.3) is 0 Å². The van der Waals surface area contributed by atoms with Crippen LogP contribution in [0.25, 0.3) is 0 Å². The van der Waals surface area contributed by atoms with Gasteiger partial charge in [0, 0.05) is 26.2 Å². The molecule has 0 amide bonds. The topological polar surface area (TPSA) is 6.48 Å². The fourth-order valence-electron chi connectivity index (χ4n) is 2.94. The number of piperazine rings is 1. The van der Waals surface area contributed by atoms with Crippen molar-refractivity contribution < 1.29 is 17.6 Å². The van der Waals surface area contributed by atoms with Crippen LogP contribution in [0.5, 0.6) is 0 Å². The first-order valence-electron chi connectivity index (χ1n) is 8.37. The van der Waals surface area contributed by atoms with Crippen LogP contribution in [-0.4, -0.2) is 26.2 Å². The largest absolute Gasteiger partial charge is 0.363 e. The summed E-state index contributed by atoms with van der Waals surface area (Å²) in [6.45, 7) is 6.75. The molecule has 136 valence electrons. The van der Waals surface area contributed by atoms with E-state index in [4.69, 9.17) is 0 Å². The van der Waals surface area contributed by atoms with Crippen molar-refractivity contribution >= 4 is 11.4 Å². The molecule has 1 aliphatic rings. The predicted octanol–water partition coefficient (Wildman–Crippen LogP) is 4.90. The van der Waals surface area contributed by atoms with Gasteiger partial charge in [0.1, 0.15) is 34.6 Å². The number of aryl methyl sites for hydroxylation is 1. The van der Waals surface area contributed by atoms with E-state index >= 15 is 0 Å². The molecule has 0 spiro atoms. The lowest BCUT2D eigenvalue weighted by molar-refractivity contribution is 0.538. The van der Waals surface area contributed by atoms with Gasteiger partial charge in [-0.1, -0.05) is 19.9 Å². The molecule has 0 N–H and O–H groups in total. The number of hydrogen-bond acceptors (Lipinski definition) is 2. The Morgan fingerprint density at radius 1 is 0.680 bits per heavy atom. The zero-order valence-corrected chi connectivity index (χ0v) is 14.6. The summed E-state index contributed by atoms with van der Waals surface area (Å²) in [5.74, 6) is -2.50. The number of rotatable bonds is 2. The van der Waals surface area contributed by atoms with Crippen molar-refractivity contribution in [3.63, 3.8) is 0 Å². The molecule has 1 heterocycles. The Kier molecular flexibility index (Phi) is 6.28. The lowest BCUT2D eigenvalue weighted by Crippen LogP contribution is -2.47. The number of benzene rings is 2. The fourth-order valence-corrected chi connectivity index (χ4v) is 2.94. The monoisotopic (exact) mass is 354 g/mol. The van der Waals surface area contributed by atoms with Crippen LogP contribution in [0.1, 0.15) is 19.4 Å². The van der Waals surface area contributed by atoms with Crippen molar-refractivity contribution in [2.45, 2.75) is 20.8 Å². The predicted molar refractivity (Wildman–Crippen MR) is 93.2 cm³/mol. The van der Waals surface area contributed by atoms with Gasteiger partial charge in [0.05, 0.1) is 0 Å². The molecule has 2 aromatic rings. The molecule has 6 heteroatoms. The van der Waals surface area contributed by atoms with E-state index in [1.807, 2.05) is 13.8 Å². The highest BCUT2D eigenvalue weighted by atomic mass is 19.1. The SMILES string of the molecule is CC.Cc1cc(F)c(N2CCN(c3c(F)cccc3F)CC2)c(F)c1. The summed E-state index contributed by atoms with van der Waals surface area (Å²) in [4.78, 5) is 3.13. The van der Waals surface area contributed by atoms with Crippen LogP contribution in [0.4, 0.5) is 28.9 Å². The van der Waals surface area contributed by atoms with Gasteiger partial charge >= 0.3 is 0 Å². The third kappa shape index (κ3) is 4.06. The molecule has 2 aromatic carbocycles. The van der Waals surface area contributed by atoms with Crippen molar-refractivity contribution in [3.05, 3.63) is 59.2 Å². The molecule has 0 radical (unpaired) electrons. The van der Waals surface area contributed by atoms with Crippen LogP contribution in [0, 0.1) is 30.2 Å². The summed E-state index contributed by atoms with van der Waals surface area (Å²) in [5.41, 5.74) is 0.345. The maximum absolute atomic E-state index is 14.0. The average Bonchev–Trinajstić information content (AvgIpc) is 2.57. The number of anilines is 2. The Hall–Kier alpha value is -2.24. The Bertz CT molecular complexity index is 682.